The molecule has 0 aliphatic rings. The molecule has 0 saturated heterocycles. The third kappa shape index (κ3) is 3.52. The van der Waals surface area contributed by atoms with Gasteiger partial charge in [0.25, 0.3) is 0 Å². The van der Waals surface area contributed by atoms with Crippen molar-refractivity contribution >= 4 is 34.1 Å². The first-order chi connectivity index (χ1) is 13.6. The fourth-order valence-electron chi connectivity index (χ4n) is 2.96. The van der Waals surface area contributed by atoms with Crippen LogP contribution in [-0.2, 0) is 11.3 Å². The average Bonchev–Trinajstić information content (AvgIpc) is 3.29. The quantitative estimate of drug-likeness (QED) is 0.501. The highest BCUT2D eigenvalue weighted by Crippen LogP contribution is 2.19. The Bertz CT molecular complexity index is 1230. The summed E-state index contributed by atoms with van der Waals surface area (Å²) < 4.78 is 11.8. The van der Waals surface area contributed by atoms with Crippen LogP contribution in [0.15, 0.2) is 58.0 Å². The molecular weight excluding hydrogens is 360 g/mol. The lowest BCUT2D eigenvalue weighted by Gasteiger charge is -2.04. The Hall–Kier alpha value is -3.81. The normalized spacial score (nSPS) is 11.5. The van der Waals surface area contributed by atoms with E-state index in [-0.39, 0.29) is 5.91 Å². The molecule has 0 bridgehead atoms. The molecule has 2 heterocycles. The van der Waals surface area contributed by atoms with E-state index in [0.717, 1.165) is 16.6 Å². The second kappa shape index (κ2) is 7.43. The molecule has 0 fully saturated rings. The largest absolute Gasteiger partial charge is 0.497 e. The van der Waals surface area contributed by atoms with Crippen LogP contribution in [0.2, 0.25) is 0 Å². The Morgan fingerprint density at radius 3 is 3.07 bits per heavy atom. The number of ether oxygens (including phenoxy) is 1. The van der Waals surface area contributed by atoms with Gasteiger partial charge in [0.1, 0.15) is 5.75 Å². The van der Waals surface area contributed by atoms with Crippen molar-refractivity contribution in [3.05, 3.63) is 64.9 Å². The van der Waals surface area contributed by atoms with E-state index in [0.29, 0.717) is 29.9 Å². The predicted molar refractivity (Wildman–Crippen MR) is 105 cm³/mol. The molecule has 8 nitrogen and oxygen atoms in total. The molecule has 2 aromatic carbocycles. The Labute approximate surface area is 159 Å². The van der Waals surface area contributed by atoms with Crippen molar-refractivity contribution in [3.8, 4) is 5.75 Å². The van der Waals surface area contributed by atoms with Gasteiger partial charge in [0.2, 0.25) is 5.91 Å². The van der Waals surface area contributed by atoms with Gasteiger partial charge in [-0.15, -0.1) is 0 Å². The van der Waals surface area contributed by atoms with Gasteiger partial charge < -0.3 is 19.5 Å². The molecule has 0 spiro atoms. The zero-order valence-corrected chi connectivity index (χ0v) is 15.1. The Morgan fingerprint density at radius 1 is 1.32 bits per heavy atom. The number of carbonyl (C=O) groups is 1. The number of fused-ring (bicyclic) bond motifs is 2. The smallest absolute Gasteiger partial charge is 0.420 e. The molecule has 0 unspecified atom stereocenters. The second-order valence-corrected chi connectivity index (χ2v) is 6.16. The zero-order chi connectivity index (χ0) is 19.5. The van der Waals surface area contributed by atoms with E-state index in [9.17, 15) is 9.59 Å². The maximum atomic E-state index is 12.0. The number of nitrogens with zero attached hydrogens (tertiary/aromatic N) is 2. The number of aromatic amines is 1. The number of rotatable bonds is 6. The highest BCUT2D eigenvalue weighted by atomic mass is 16.5. The standard InChI is InChI=1S/C20H18N4O4/c1-27-14-4-6-17-18(11-14)28-20(26)24(17)9-8-21-19(25)7-3-13-2-5-15-16(10-13)23-12-22-15/h2-7,10-12H,8-9H2,1H3,(H,21,25)(H,22,23)/b7-3+. The molecule has 1 amide bonds. The second-order valence-electron chi connectivity index (χ2n) is 6.16. The molecular formula is C20H18N4O4. The minimum Gasteiger partial charge on any atom is -0.497 e. The highest BCUT2D eigenvalue weighted by molar-refractivity contribution is 5.92. The number of methoxy groups -OCH3 is 1. The number of hydrogen-bond acceptors (Lipinski definition) is 5. The molecule has 0 atom stereocenters. The van der Waals surface area contributed by atoms with Crippen molar-refractivity contribution in [1.29, 1.82) is 0 Å². The Kier molecular flexibility index (Phi) is 4.67. The summed E-state index contributed by atoms with van der Waals surface area (Å²) in [6, 6.07) is 10.9. The number of hydrogen-bond donors (Lipinski definition) is 2. The van der Waals surface area contributed by atoms with Crippen LogP contribution in [0.1, 0.15) is 5.56 Å². The Morgan fingerprint density at radius 2 is 2.21 bits per heavy atom. The number of nitrogens with one attached hydrogen (secondary N) is 2. The third-order valence-electron chi connectivity index (χ3n) is 4.38. The summed E-state index contributed by atoms with van der Waals surface area (Å²) in [4.78, 5) is 31.3. The van der Waals surface area contributed by atoms with Crippen molar-refractivity contribution in [3.63, 3.8) is 0 Å². The number of aromatic nitrogens is 3. The van der Waals surface area contributed by atoms with E-state index >= 15 is 0 Å². The van der Waals surface area contributed by atoms with Gasteiger partial charge in [-0.25, -0.2) is 9.78 Å². The van der Waals surface area contributed by atoms with Crippen LogP contribution in [0.3, 0.4) is 0 Å². The fourth-order valence-corrected chi connectivity index (χ4v) is 2.96. The first kappa shape index (κ1) is 17.6. The number of oxazole rings is 1. The van der Waals surface area contributed by atoms with Gasteiger partial charge in [-0.3, -0.25) is 9.36 Å². The summed E-state index contributed by atoms with van der Waals surface area (Å²) in [5, 5.41) is 2.76. The van der Waals surface area contributed by atoms with E-state index in [1.54, 1.807) is 37.7 Å². The van der Waals surface area contributed by atoms with E-state index in [1.807, 2.05) is 18.2 Å². The van der Waals surface area contributed by atoms with Crippen LogP contribution >= 0.6 is 0 Å². The molecule has 0 aliphatic heterocycles. The van der Waals surface area contributed by atoms with E-state index in [2.05, 4.69) is 15.3 Å². The summed E-state index contributed by atoms with van der Waals surface area (Å²) in [5.41, 5.74) is 3.76. The van der Waals surface area contributed by atoms with Gasteiger partial charge in [-0.1, -0.05) is 6.07 Å². The van der Waals surface area contributed by atoms with Gasteiger partial charge in [0.15, 0.2) is 5.58 Å². The van der Waals surface area contributed by atoms with E-state index in [4.69, 9.17) is 9.15 Å². The van der Waals surface area contributed by atoms with Gasteiger partial charge in [0.05, 0.1) is 30.0 Å². The lowest BCUT2D eigenvalue weighted by Crippen LogP contribution is -2.28. The van der Waals surface area contributed by atoms with Crippen molar-refractivity contribution in [2.24, 2.45) is 0 Å². The monoisotopic (exact) mass is 378 g/mol. The van der Waals surface area contributed by atoms with E-state index < -0.39 is 5.76 Å². The van der Waals surface area contributed by atoms with E-state index in [1.165, 1.54) is 10.6 Å². The number of benzene rings is 2. The van der Waals surface area contributed by atoms with Crippen molar-refractivity contribution in [1.82, 2.24) is 19.9 Å². The minimum atomic E-state index is -0.472. The van der Waals surface area contributed by atoms with Gasteiger partial charge >= 0.3 is 5.76 Å². The maximum Gasteiger partial charge on any atom is 0.420 e. The molecule has 4 aromatic rings. The van der Waals surface area contributed by atoms with Crippen LogP contribution in [0.25, 0.3) is 28.2 Å². The van der Waals surface area contributed by atoms with Crippen molar-refractivity contribution in [2.45, 2.75) is 6.54 Å². The first-order valence-corrected chi connectivity index (χ1v) is 8.70. The summed E-state index contributed by atoms with van der Waals surface area (Å²) in [6.45, 7) is 0.596. The molecule has 2 N–H and O–H groups in total. The summed E-state index contributed by atoms with van der Waals surface area (Å²) >= 11 is 0. The van der Waals surface area contributed by atoms with Crippen LogP contribution in [-0.4, -0.2) is 34.1 Å². The molecule has 2 aromatic heterocycles. The number of imidazole rings is 1. The Balaban J connectivity index is 1.38. The molecule has 4 rings (SSSR count). The molecule has 0 saturated carbocycles. The van der Waals surface area contributed by atoms with Gasteiger partial charge in [-0.2, -0.15) is 0 Å². The van der Waals surface area contributed by atoms with Crippen molar-refractivity contribution in [2.75, 3.05) is 13.7 Å². The van der Waals surface area contributed by atoms with Crippen LogP contribution in [0, 0.1) is 0 Å². The molecule has 0 aliphatic carbocycles. The lowest BCUT2D eigenvalue weighted by atomic mass is 10.2. The number of carbonyl (C=O) groups excluding carboxylic acids is 1. The van der Waals surface area contributed by atoms with Crippen LogP contribution in [0.4, 0.5) is 0 Å². The fraction of sp³-hybridized carbons (Fsp3) is 0.150. The molecule has 28 heavy (non-hydrogen) atoms. The van der Waals surface area contributed by atoms with Crippen LogP contribution in [0.5, 0.6) is 5.75 Å². The maximum absolute atomic E-state index is 12.0. The third-order valence-corrected chi connectivity index (χ3v) is 4.38. The summed E-state index contributed by atoms with van der Waals surface area (Å²) in [6.07, 6.45) is 4.80. The SMILES string of the molecule is COc1ccc2c(c1)oc(=O)n2CCNC(=O)/C=C/c1ccc2[nH]cnc2c1. The topological polar surface area (TPSA) is 102 Å². The predicted octanol–water partition coefficient (Wildman–Crippen LogP) is 2.31. The van der Waals surface area contributed by atoms with Gasteiger partial charge in [-0.05, 0) is 35.9 Å². The minimum absolute atomic E-state index is 0.246. The van der Waals surface area contributed by atoms with Gasteiger partial charge in [0, 0.05) is 25.2 Å². The average molecular weight is 378 g/mol. The van der Waals surface area contributed by atoms with Crippen molar-refractivity contribution < 1.29 is 13.9 Å². The summed E-state index contributed by atoms with van der Waals surface area (Å²) in [5.74, 6) is -0.107. The molecule has 142 valence electrons. The summed E-state index contributed by atoms with van der Waals surface area (Å²) in [7, 11) is 1.55. The van der Waals surface area contributed by atoms with Crippen LogP contribution < -0.4 is 15.8 Å². The molecule has 8 heteroatoms. The first-order valence-electron chi connectivity index (χ1n) is 8.70. The molecule has 0 radical (unpaired) electrons. The number of H-pyrrole nitrogens is 1. The number of amides is 1. The lowest BCUT2D eigenvalue weighted by molar-refractivity contribution is -0.116. The zero-order valence-electron chi connectivity index (χ0n) is 15.1. The highest BCUT2D eigenvalue weighted by Gasteiger charge is 2.10.